The SMILES string of the molecule is CC(=COCCc1ccccc1)CCC1=C(C)CCCC1(C)C. The van der Waals surface area contributed by atoms with Crippen molar-refractivity contribution in [1.29, 1.82) is 0 Å². The van der Waals surface area contributed by atoms with Crippen LogP contribution in [0.5, 0.6) is 0 Å². The first-order chi connectivity index (χ1) is 11.0. The van der Waals surface area contributed by atoms with Crippen molar-refractivity contribution in [2.24, 2.45) is 5.41 Å². The summed E-state index contributed by atoms with van der Waals surface area (Å²) in [4.78, 5) is 0. The molecule has 0 radical (unpaired) electrons. The summed E-state index contributed by atoms with van der Waals surface area (Å²) in [5.41, 5.74) is 6.37. The van der Waals surface area contributed by atoms with E-state index in [0.29, 0.717) is 5.41 Å². The molecular weight excluding hydrogens is 280 g/mol. The molecule has 0 unspecified atom stereocenters. The fourth-order valence-corrected chi connectivity index (χ4v) is 3.63. The second-order valence-electron chi connectivity index (χ2n) is 7.57. The van der Waals surface area contributed by atoms with E-state index in [1.54, 1.807) is 11.1 Å². The molecular formula is C22H32O. The predicted octanol–water partition coefficient (Wildman–Crippen LogP) is 6.46. The second-order valence-corrected chi connectivity index (χ2v) is 7.57. The lowest BCUT2D eigenvalue weighted by Crippen LogP contribution is -2.20. The smallest absolute Gasteiger partial charge is 0.0913 e. The maximum atomic E-state index is 5.74. The van der Waals surface area contributed by atoms with Crippen molar-refractivity contribution in [3.8, 4) is 0 Å². The van der Waals surface area contributed by atoms with E-state index in [-0.39, 0.29) is 0 Å². The van der Waals surface area contributed by atoms with E-state index in [4.69, 9.17) is 4.74 Å². The van der Waals surface area contributed by atoms with Gasteiger partial charge >= 0.3 is 0 Å². The van der Waals surface area contributed by atoms with Crippen LogP contribution in [-0.4, -0.2) is 6.61 Å². The molecule has 0 saturated carbocycles. The molecule has 0 heterocycles. The van der Waals surface area contributed by atoms with Gasteiger partial charge in [-0.3, -0.25) is 0 Å². The van der Waals surface area contributed by atoms with Crippen LogP contribution in [-0.2, 0) is 11.2 Å². The molecule has 1 heteroatoms. The maximum absolute atomic E-state index is 5.74. The lowest BCUT2D eigenvalue weighted by atomic mass is 9.71. The van der Waals surface area contributed by atoms with Crippen LogP contribution in [0.4, 0.5) is 0 Å². The van der Waals surface area contributed by atoms with E-state index in [1.807, 2.05) is 6.26 Å². The molecule has 0 bridgehead atoms. The van der Waals surface area contributed by atoms with Crippen LogP contribution in [0.2, 0.25) is 0 Å². The van der Waals surface area contributed by atoms with Gasteiger partial charge in [0.25, 0.3) is 0 Å². The van der Waals surface area contributed by atoms with Crippen molar-refractivity contribution in [3.63, 3.8) is 0 Å². The third kappa shape index (κ3) is 5.57. The Hall–Kier alpha value is -1.50. The Labute approximate surface area is 142 Å². The van der Waals surface area contributed by atoms with E-state index in [0.717, 1.165) is 19.4 Å². The average molecular weight is 312 g/mol. The third-order valence-electron chi connectivity index (χ3n) is 5.09. The van der Waals surface area contributed by atoms with Crippen LogP contribution in [0.25, 0.3) is 0 Å². The van der Waals surface area contributed by atoms with Crippen molar-refractivity contribution in [3.05, 3.63) is 58.9 Å². The zero-order valence-electron chi connectivity index (χ0n) is 15.3. The Morgan fingerprint density at radius 2 is 1.91 bits per heavy atom. The van der Waals surface area contributed by atoms with Gasteiger partial charge in [-0.25, -0.2) is 0 Å². The van der Waals surface area contributed by atoms with E-state index < -0.39 is 0 Å². The lowest BCUT2D eigenvalue weighted by molar-refractivity contribution is 0.249. The highest BCUT2D eigenvalue weighted by molar-refractivity contribution is 5.23. The molecule has 0 N–H and O–H groups in total. The Morgan fingerprint density at radius 1 is 1.17 bits per heavy atom. The summed E-state index contributed by atoms with van der Waals surface area (Å²) in [5, 5.41) is 0. The summed E-state index contributed by atoms with van der Waals surface area (Å²) in [7, 11) is 0. The Balaban J connectivity index is 1.77. The van der Waals surface area contributed by atoms with Crippen molar-refractivity contribution < 1.29 is 4.74 Å². The monoisotopic (exact) mass is 312 g/mol. The minimum Gasteiger partial charge on any atom is -0.501 e. The van der Waals surface area contributed by atoms with Crippen molar-refractivity contribution >= 4 is 0 Å². The van der Waals surface area contributed by atoms with Gasteiger partial charge in [0.15, 0.2) is 0 Å². The number of hydrogen-bond acceptors (Lipinski definition) is 1. The molecule has 0 amide bonds. The van der Waals surface area contributed by atoms with Crippen LogP contribution in [0.3, 0.4) is 0 Å². The standard InChI is InChI=1S/C22H32O/c1-18(17-23-16-14-20-10-6-5-7-11-20)12-13-21-19(2)9-8-15-22(21,3)4/h5-7,10-11,17H,8-9,12-16H2,1-4H3. The Kier molecular flexibility index (Phi) is 6.50. The molecule has 0 atom stereocenters. The van der Waals surface area contributed by atoms with Crippen LogP contribution < -0.4 is 0 Å². The van der Waals surface area contributed by atoms with Crippen molar-refractivity contribution in [2.75, 3.05) is 6.61 Å². The Bertz CT molecular complexity index is 549. The molecule has 0 saturated heterocycles. The zero-order valence-corrected chi connectivity index (χ0v) is 15.3. The molecule has 23 heavy (non-hydrogen) atoms. The molecule has 0 spiro atoms. The van der Waals surface area contributed by atoms with Crippen LogP contribution in [0.1, 0.15) is 65.4 Å². The van der Waals surface area contributed by atoms with E-state index in [2.05, 4.69) is 58.0 Å². The Morgan fingerprint density at radius 3 is 2.61 bits per heavy atom. The normalized spacial score (nSPS) is 18.2. The van der Waals surface area contributed by atoms with Crippen LogP contribution in [0, 0.1) is 5.41 Å². The summed E-state index contributed by atoms with van der Waals surface area (Å²) < 4.78 is 5.74. The molecule has 0 fully saturated rings. The van der Waals surface area contributed by atoms with Crippen LogP contribution >= 0.6 is 0 Å². The fraction of sp³-hybridized carbons (Fsp3) is 0.545. The molecule has 126 valence electrons. The van der Waals surface area contributed by atoms with Gasteiger partial charge < -0.3 is 4.74 Å². The second kappa shape index (κ2) is 8.38. The summed E-state index contributed by atoms with van der Waals surface area (Å²) in [5.74, 6) is 0. The van der Waals surface area contributed by atoms with Crippen LogP contribution in [0.15, 0.2) is 53.3 Å². The molecule has 1 aromatic carbocycles. The number of allylic oxidation sites excluding steroid dienone is 3. The van der Waals surface area contributed by atoms with E-state index in [9.17, 15) is 0 Å². The van der Waals surface area contributed by atoms with Gasteiger partial charge in [-0.1, -0.05) is 55.3 Å². The van der Waals surface area contributed by atoms with Gasteiger partial charge in [0.05, 0.1) is 12.9 Å². The first-order valence-electron chi connectivity index (χ1n) is 8.99. The van der Waals surface area contributed by atoms with Crippen molar-refractivity contribution in [1.82, 2.24) is 0 Å². The molecule has 1 aliphatic rings. The number of ether oxygens (including phenoxy) is 1. The minimum absolute atomic E-state index is 0.386. The molecule has 1 nitrogen and oxygen atoms in total. The first-order valence-corrected chi connectivity index (χ1v) is 8.99. The zero-order chi connectivity index (χ0) is 16.7. The van der Waals surface area contributed by atoms with Gasteiger partial charge in [0.1, 0.15) is 0 Å². The molecule has 1 aliphatic carbocycles. The highest BCUT2D eigenvalue weighted by Crippen LogP contribution is 2.42. The highest BCUT2D eigenvalue weighted by Gasteiger charge is 2.27. The van der Waals surface area contributed by atoms with E-state index in [1.165, 1.54) is 36.8 Å². The lowest BCUT2D eigenvalue weighted by Gasteiger charge is -2.34. The van der Waals surface area contributed by atoms with Gasteiger partial charge in [-0.2, -0.15) is 0 Å². The largest absolute Gasteiger partial charge is 0.501 e. The van der Waals surface area contributed by atoms with Gasteiger partial charge in [0.2, 0.25) is 0 Å². The minimum atomic E-state index is 0.386. The van der Waals surface area contributed by atoms with Gasteiger partial charge in [0, 0.05) is 6.42 Å². The fourth-order valence-electron chi connectivity index (χ4n) is 3.63. The summed E-state index contributed by atoms with van der Waals surface area (Å²) in [6.07, 6.45) is 9.20. The molecule has 1 aromatic rings. The van der Waals surface area contributed by atoms with E-state index >= 15 is 0 Å². The number of rotatable bonds is 7. The molecule has 0 aromatic heterocycles. The van der Waals surface area contributed by atoms with Gasteiger partial charge in [-0.05, 0) is 62.5 Å². The summed E-state index contributed by atoms with van der Waals surface area (Å²) in [6, 6.07) is 10.5. The third-order valence-corrected chi connectivity index (χ3v) is 5.09. The first kappa shape index (κ1) is 17.8. The predicted molar refractivity (Wildman–Crippen MR) is 99.4 cm³/mol. The number of hydrogen-bond donors (Lipinski definition) is 0. The summed E-state index contributed by atoms with van der Waals surface area (Å²) in [6.45, 7) is 10.1. The number of benzene rings is 1. The molecule has 0 aliphatic heterocycles. The highest BCUT2D eigenvalue weighted by atomic mass is 16.5. The molecule has 2 rings (SSSR count). The topological polar surface area (TPSA) is 9.23 Å². The average Bonchev–Trinajstić information content (AvgIpc) is 2.51. The quantitative estimate of drug-likeness (QED) is 0.319. The van der Waals surface area contributed by atoms with Crippen molar-refractivity contribution in [2.45, 2.75) is 66.2 Å². The summed E-state index contributed by atoms with van der Waals surface area (Å²) >= 11 is 0. The maximum Gasteiger partial charge on any atom is 0.0913 e. The van der Waals surface area contributed by atoms with Gasteiger partial charge in [-0.15, -0.1) is 0 Å².